The Morgan fingerprint density at radius 1 is 1.39 bits per heavy atom. The van der Waals surface area contributed by atoms with Crippen molar-refractivity contribution in [3.63, 3.8) is 0 Å². The number of nitriles is 1. The number of hydrogen-bond acceptors (Lipinski definition) is 4. The van der Waals surface area contributed by atoms with Gasteiger partial charge in [-0.3, -0.25) is 5.32 Å². The lowest BCUT2D eigenvalue weighted by molar-refractivity contribution is 0.125. The van der Waals surface area contributed by atoms with Crippen LogP contribution in [0.15, 0.2) is 0 Å². The van der Waals surface area contributed by atoms with Crippen molar-refractivity contribution in [2.24, 2.45) is 0 Å². The first kappa shape index (κ1) is 15.4. The van der Waals surface area contributed by atoms with Crippen LogP contribution in [0.4, 0.5) is 0 Å². The van der Waals surface area contributed by atoms with Gasteiger partial charge >= 0.3 is 0 Å². The van der Waals surface area contributed by atoms with Gasteiger partial charge in [0.15, 0.2) is 0 Å². The van der Waals surface area contributed by atoms with E-state index in [1.165, 1.54) is 12.8 Å². The van der Waals surface area contributed by atoms with Gasteiger partial charge in [-0.15, -0.1) is 0 Å². The average molecular weight is 252 g/mol. The SMILES string of the molecule is CC(C)NC(C)(C#N)CN1CCC(N(C)C)CC1. The Balaban J connectivity index is 2.46. The van der Waals surface area contributed by atoms with Crippen LogP contribution in [-0.2, 0) is 0 Å². The van der Waals surface area contributed by atoms with E-state index in [2.05, 4.69) is 49.1 Å². The summed E-state index contributed by atoms with van der Waals surface area (Å²) in [6, 6.07) is 3.47. The fraction of sp³-hybridized carbons (Fsp3) is 0.929. The van der Waals surface area contributed by atoms with Crippen molar-refractivity contribution in [2.45, 2.75) is 51.2 Å². The molecule has 4 heteroatoms. The van der Waals surface area contributed by atoms with Crippen molar-refractivity contribution in [3.8, 4) is 6.07 Å². The van der Waals surface area contributed by atoms with E-state index in [0.717, 1.165) is 19.6 Å². The molecule has 0 aromatic rings. The minimum absolute atomic E-state index is 0.342. The van der Waals surface area contributed by atoms with Gasteiger partial charge in [0.2, 0.25) is 0 Å². The highest BCUT2D eigenvalue weighted by Gasteiger charge is 2.30. The molecule has 0 aromatic heterocycles. The van der Waals surface area contributed by atoms with Gasteiger partial charge < -0.3 is 9.80 Å². The Morgan fingerprint density at radius 3 is 2.33 bits per heavy atom. The molecule has 104 valence electrons. The molecule has 0 radical (unpaired) electrons. The van der Waals surface area contributed by atoms with Gasteiger partial charge in [-0.2, -0.15) is 5.26 Å². The number of hydrogen-bond donors (Lipinski definition) is 1. The summed E-state index contributed by atoms with van der Waals surface area (Å²) in [4.78, 5) is 4.73. The van der Waals surface area contributed by atoms with Crippen LogP contribution in [0.2, 0.25) is 0 Å². The highest BCUT2D eigenvalue weighted by molar-refractivity contribution is 5.06. The third-order valence-electron chi connectivity index (χ3n) is 3.68. The lowest BCUT2D eigenvalue weighted by atomic mass is 9.98. The van der Waals surface area contributed by atoms with Gasteiger partial charge in [0.1, 0.15) is 5.54 Å². The molecule has 4 nitrogen and oxygen atoms in total. The van der Waals surface area contributed by atoms with E-state index in [1.807, 2.05) is 6.92 Å². The van der Waals surface area contributed by atoms with Gasteiger partial charge in [-0.25, -0.2) is 0 Å². The molecule has 1 heterocycles. The monoisotopic (exact) mass is 252 g/mol. The first-order chi connectivity index (χ1) is 8.36. The largest absolute Gasteiger partial charge is 0.306 e. The Labute approximate surface area is 112 Å². The molecule has 0 aromatic carbocycles. The molecule has 1 atom stereocenters. The smallest absolute Gasteiger partial charge is 0.116 e. The van der Waals surface area contributed by atoms with Crippen LogP contribution < -0.4 is 5.32 Å². The highest BCUT2D eigenvalue weighted by Crippen LogP contribution is 2.17. The van der Waals surface area contributed by atoms with Crippen LogP contribution in [0.1, 0.15) is 33.6 Å². The second-order valence-electron chi connectivity index (χ2n) is 6.21. The first-order valence-electron chi connectivity index (χ1n) is 6.94. The number of likely N-dealkylation sites (tertiary alicyclic amines) is 1. The second kappa shape index (κ2) is 6.51. The lowest BCUT2D eigenvalue weighted by Gasteiger charge is -2.38. The summed E-state index contributed by atoms with van der Waals surface area (Å²) < 4.78 is 0. The summed E-state index contributed by atoms with van der Waals surface area (Å²) in [5.41, 5.74) is -0.431. The third-order valence-corrected chi connectivity index (χ3v) is 3.68. The van der Waals surface area contributed by atoms with Crippen molar-refractivity contribution >= 4 is 0 Å². The summed E-state index contributed by atoms with van der Waals surface area (Å²) in [5, 5.41) is 12.7. The topological polar surface area (TPSA) is 42.3 Å². The van der Waals surface area contributed by atoms with Gasteiger partial charge in [0, 0.05) is 18.6 Å². The predicted molar refractivity (Wildman–Crippen MR) is 75.4 cm³/mol. The summed E-state index contributed by atoms with van der Waals surface area (Å²) in [7, 11) is 4.31. The maximum Gasteiger partial charge on any atom is 0.116 e. The van der Waals surface area contributed by atoms with Crippen molar-refractivity contribution in [1.82, 2.24) is 15.1 Å². The van der Waals surface area contributed by atoms with Crippen LogP contribution in [0.5, 0.6) is 0 Å². The molecule has 1 aliphatic heterocycles. The zero-order valence-electron chi connectivity index (χ0n) is 12.5. The molecule has 1 rings (SSSR count). The molecule has 1 N–H and O–H groups in total. The maximum atomic E-state index is 9.36. The van der Waals surface area contributed by atoms with Crippen molar-refractivity contribution < 1.29 is 0 Å². The lowest BCUT2D eigenvalue weighted by Crippen LogP contribution is -2.55. The van der Waals surface area contributed by atoms with Crippen LogP contribution in [0, 0.1) is 11.3 Å². The van der Waals surface area contributed by atoms with E-state index < -0.39 is 5.54 Å². The van der Waals surface area contributed by atoms with Crippen LogP contribution in [0.25, 0.3) is 0 Å². The molecule has 18 heavy (non-hydrogen) atoms. The molecule has 1 fully saturated rings. The first-order valence-corrected chi connectivity index (χ1v) is 6.94. The Bertz CT molecular complexity index is 287. The predicted octanol–water partition coefficient (Wildman–Crippen LogP) is 1.29. The fourth-order valence-corrected chi connectivity index (χ4v) is 2.79. The van der Waals surface area contributed by atoms with E-state index in [4.69, 9.17) is 0 Å². The Hall–Kier alpha value is -0.630. The van der Waals surface area contributed by atoms with Crippen LogP contribution in [0.3, 0.4) is 0 Å². The van der Waals surface area contributed by atoms with E-state index in [-0.39, 0.29) is 0 Å². The summed E-state index contributed by atoms with van der Waals surface area (Å²) in [5.74, 6) is 0. The maximum absolute atomic E-state index is 9.36. The van der Waals surface area contributed by atoms with Gasteiger partial charge in [0.25, 0.3) is 0 Å². The van der Waals surface area contributed by atoms with Crippen LogP contribution >= 0.6 is 0 Å². The van der Waals surface area contributed by atoms with Gasteiger partial charge in [0.05, 0.1) is 6.07 Å². The molecule has 1 saturated heterocycles. The minimum atomic E-state index is -0.431. The van der Waals surface area contributed by atoms with E-state index in [1.54, 1.807) is 0 Å². The zero-order chi connectivity index (χ0) is 13.8. The normalized spacial score (nSPS) is 22.1. The molecular formula is C14H28N4. The highest BCUT2D eigenvalue weighted by atomic mass is 15.2. The van der Waals surface area contributed by atoms with Crippen molar-refractivity contribution in [2.75, 3.05) is 33.7 Å². The van der Waals surface area contributed by atoms with Crippen LogP contribution in [-0.4, -0.2) is 61.2 Å². The molecule has 0 aliphatic carbocycles. The summed E-state index contributed by atoms with van der Waals surface area (Å²) >= 11 is 0. The number of piperidine rings is 1. The quantitative estimate of drug-likeness (QED) is 0.801. The van der Waals surface area contributed by atoms with E-state index >= 15 is 0 Å². The minimum Gasteiger partial charge on any atom is -0.306 e. The fourth-order valence-electron chi connectivity index (χ4n) is 2.79. The Kier molecular flexibility index (Phi) is 5.58. The van der Waals surface area contributed by atoms with Crippen molar-refractivity contribution in [3.05, 3.63) is 0 Å². The molecule has 0 amide bonds. The molecule has 0 spiro atoms. The van der Waals surface area contributed by atoms with E-state index in [9.17, 15) is 5.26 Å². The second-order valence-corrected chi connectivity index (χ2v) is 6.21. The zero-order valence-corrected chi connectivity index (χ0v) is 12.5. The van der Waals surface area contributed by atoms with E-state index in [0.29, 0.717) is 12.1 Å². The molecule has 1 unspecified atom stereocenters. The van der Waals surface area contributed by atoms with Crippen molar-refractivity contribution in [1.29, 1.82) is 5.26 Å². The Morgan fingerprint density at radius 2 is 1.94 bits per heavy atom. The average Bonchev–Trinajstić information content (AvgIpc) is 2.28. The molecule has 1 aliphatic rings. The number of rotatable bonds is 5. The standard InChI is InChI=1S/C14H28N4/c1-12(2)16-14(3,10-15)11-18-8-6-13(7-9-18)17(4)5/h12-13,16H,6-9,11H2,1-5H3. The number of nitrogens with one attached hydrogen (secondary N) is 1. The molecule has 0 saturated carbocycles. The number of nitrogens with zero attached hydrogens (tertiary/aromatic N) is 3. The third kappa shape index (κ3) is 4.56. The molecule has 0 bridgehead atoms. The summed E-state index contributed by atoms with van der Waals surface area (Å²) in [6.07, 6.45) is 2.41. The molecular weight excluding hydrogens is 224 g/mol. The van der Waals surface area contributed by atoms with Gasteiger partial charge in [-0.05, 0) is 60.8 Å². The summed E-state index contributed by atoms with van der Waals surface area (Å²) in [6.45, 7) is 9.20. The van der Waals surface area contributed by atoms with Gasteiger partial charge in [-0.1, -0.05) is 0 Å².